The largest absolute Gasteiger partial charge is 0.398 e. The van der Waals surface area contributed by atoms with Crippen LogP contribution in [0.1, 0.15) is 0 Å². The van der Waals surface area contributed by atoms with Crippen molar-refractivity contribution in [3.05, 3.63) is 48.4 Å². The van der Waals surface area contributed by atoms with Crippen LogP contribution in [0.4, 0.5) is 10.1 Å². The third-order valence-electron chi connectivity index (χ3n) is 1.96. The molecule has 0 saturated heterocycles. The molecule has 0 aliphatic rings. The maximum absolute atomic E-state index is 12.9. The Hall–Kier alpha value is -1.90. The minimum atomic E-state index is -0.306. The number of nitrogens with zero attached hydrogens (tertiary/aromatic N) is 1. The van der Waals surface area contributed by atoms with Crippen LogP contribution >= 0.6 is 0 Å². The molecule has 0 saturated carbocycles. The predicted molar refractivity (Wildman–Crippen MR) is 54.0 cm³/mol. The summed E-state index contributed by atoms with van der Waals surface area (Å²) >= 11 is 0. The zero-order valence-corrected chi connectivity index (χ0v) is 7.44. The summed E-state index contributed by atoms with van der Waals surface area (Å²) in [6.45, 7) is 0. The highest BCUT2D eigenvalue weighted by Gasteiger charge is 2.04. The second-order valence-corrected chi connectivity index (χ2v) is 2.95. The molecule has 2 nitrogen and oxygen atoms in total. The number of halogens is 1. The molecule has 2 aromatic rings. The number of hydrogen-bond donors (Lipinski definition) is 1. The average Bonchev–Trinajstić information content (AvgIpc) is 2.23. The second-order valence-electron chi connectivity index (χ2n) is 2.95. The van der Waals surface area contributed by atoms with Crippen LogP contribution in [0.15, 0.2) is 42.6 Å². The molecule has 0 amide bonds. The lowest BCUT2D eigenvalue weighted by atomic mass is 10.1. The number of nitrogen functional groups attached to an aromatic ring is 1. The molecular formula is C11H9FN2. The third-order valence-corrected chi connectivity index (χ3v) is 1.96. The summed E-state index contributed by atoms with van der Waals surface area (Å²) in [5.41, 5.74) is 7.56. The first-order valence-corrected chi connectivity index (χ1v) is 4.24. The van der Waals surface area contributed by atoms with Gasteiger partial charge < -0.3 is 5.73 Å². The SMILES string of the molecule is Nc1ccc(F)cc1-c1ccccn1. The Balaban J connectivity index is 2.57. The molecule has 1 aromatic carbocycles. The van der Waals surface area contributed by atoms with Crippen LogP contribution in [-0.2, 0) is 0 Å². The van der Waals surface area contributed by atoms with Crippen molar-refractivity contribution in [2.45, 2.75) is 0 Å². The standard InChI is InChI=1S/C11H9FN2/c12-8-4-5-10(13)9(7-8)11-3-1-2-6-14-11/h1-7H,13H2. The van der Waals surface area contributed by atoms with E-state index < -0.39 is 0 Å². The molecule has 0 radical (unpaired) electrons. The quantitative estimate of drug-likeness (QED) is 0.698. The summed E-state index contributed by atoms with van der Waals surface area (Å²) in [6.07, 6.45) is 1.65. The average molecular weight is 188 g/mol. The van der Waals surface area contributed by atoms with Gasteiger partial charge in [-0.1, -0.05) is 6.07 Å². The van der Waals surface area contributed by atoms with E-state index in [4.69, 9.17) is 5.73 Å². The van der Waals surface area contributed by atoms with E-state index in [1.807, 2.05) is 6.07 Å². The van der Waals surface area contributed by atoms with Crippen molar-refractivity contribution < 1.29 is 4.39 Å². The van der Waals surface area contributed by atoms with Gasteiger partial charge in [0.05, 0.1) is 5.69 Å². The van der Waals surface area contributed by atoms with Crippen molar-refractivity contribution in [1.29, 1.82) is 0 Å². The Morgan fingerprint density at radius 2 is 2.00 bits per heavy atom. The summed E-state index contributed by atoms with van der Waals surface area (Å²) in [7, 11) is 0. The summed E-state index contributed by atoms with van der Waals surface area (Å²) in [5, 5.41) is 0. The number of aromatic nitrogens is 1. The summed E-state index contributed by atoms with van der Waals surface area (Å²) in [4.78, 5) is 4.10. The molecule has 1 heterocycles. The number of hydrogen-bond acceptors (Lipinski definition) is 2. The lowest BCUT2D eigenvalue weighted by molar-refractivity contribution is 0.628. The van der Waals surface area contributed by atoms with Gasteiger partial charge in [-0.15, -0.1) is 0 Å². The lowest BCUT2D eigenvalue weighted by Crippen LogP contribution is -1.92. The lowest BCUT2D eigenvalue weighted by Gasteiger charge is -2.04. The summed E-state index contributed by atoms with van der Waals surface area (Å²) in [6, 6.07) is 9.70. The Morgan fingerprint density at radius 1 is 1.14 bits per heavy atom. The van der Waals surface area contributed by atoms with Crippen LogP contribution in [0, 0.1) is 5.82 Å². The molecule has 2 rings (SSSR count). The summed E-state index contributed by atoms with van der Waals surface area (Å²) in [5.74, 6) is -0.306. The number of pyridine rings is 1. The Bertz CT molecular complexity index is 440. The molecule has 0 unspecified atom stereocenters. The molecule has 2 N–H and O–H groups in total. The predicted octanol–water partition coefficient (Wildman–Crippen LogP) is 2.47. The fraction of sp³-hybridized carbons (Fsp3) is 0. The number of benzene rings is 1. The Morgan fingerprint density at radius 3 is 2.71 bits per heavy atom. The molecule has 14 heavy (non-hydrogen) atoms. The fourth-order valence-corrected chi connectivity index (χ4v) is 1.27. The maximum Gasteiger partial charge on any atom is 0.124 e. The monoisotopic (exact) mass is 188 g/mol. The van der Waals surface area contributed by atoms with Gasteiger partial charge >= 0.3 is 0 Å². The molecular weight excluding hydrogens is 179 g/mol. The molecule has 1 aromatic heterocycles. The van der Waals surface area contributed by atoms with E-state index in [0.717, 1.165) is 0 Å². The van der Waals surface area contributed by atoms with Gasteiger partial charge in [0.25, 0.3) is 0 Å². The normalized spacial score (nSPS) is 10.1. The minimum absolute atomic E-state index is 0.306. The highest BCUT2D eigenvalue weighted by Crippen LogP contribution is 2.24. The highest BCUT2D eigenvalue weighted by molar-refractivity contribution is 5.73. The van der Waals surface area contributed by atoms with E-state index in [1.54, 1.807) is 24.4 Å². The van der Waals surface area contributed by atoms with Crippen molar-refractivity contribution in [2.75, 3.05) is 5.73 Å². The van der Waals surface area contributed by atoms with Gasteiger partial charge in [0.1, 0.15) is 5.82 Å². The van der Waals surface area contributed by atoms with Crippen LogP contribution in [-0.4, -0.2) is 4.98 Å². The van der Waals surface area contributed by atoms with Crippen LogP contribution in [0.5, 0.6) is 0 Å². The van der Waals surface area contributed by atoms with Crippen molar-refractivity contribution >= 4 is 5.69 Å². The number of rotatable bonds is 1. The third kappa shape index (κ3) is 1.57. The van der Waals surface area contributed by atoms with E-state index in [9.17, 15) is 4.39 Å². The van der Waals surface area contributed by atoms with E-state index >= 15 is 0 Å². The number of nitrogens with two attached hydrogens (primary N) is 1. The molecule has 0 aliphatic carbocycles. The van der Waals surface area contributed by atoms with Gasteiger partial charge in [-0.3, -0.25) is 4.98 Å². The van der Waals surface area contributed by atoms with Gasteiger partial charge in [-0.05, 0) is 30.3 Å². The van der Waals surface area contributed by atoms with Crippen LogP contribution in [0.2, 0.25) is 0 Å². The molecule has 0 spiro atoms. The first kappa shape index (κ1) is 8.69. The maximum atomic E-state index is 12.9. The Kier molecular flexibility index (Phi) is 2.14. The first-order chi connectivity index (χ1) is 6.77. The topological polar surface area (TPSA) is 38.9 Å². The highest BCUT2D eigenvalue weighted by atomic mass is 19.1. The molecule has 3 heteroatoms. The number of anilines is 1. The van der Waals surface area contributed by atoms with Crippen LogP contribution in [0.3, 0.4) is 0 Å². The van der Waals surface area contributed by atoms with Crippen molar-refractivity contribution in [1.82, 2.24) is 4.98 Å². The van der Waals surface area contributed by atoms with E-state index in [1.165, 1.54) is 12.1 Å². The zero-order valence-electron chi connectivity index (χ0n) is 7.44. The molecule has 70 valence electrons. The van der Waals surface area contributed by atoms with Crippen molar-refractivity contribution in [2.24, 2.45) is 0 Å². The second kappa shape index (κ2) is 3.46. The van der Waals surface area contributed by atoms with E-state index in [0.29, 0.717) is 16.9 Å². The van der Waals surface area contributed by atoms with E-state index in [2.05, 4.69) is 4.98 Å². The summed E-state index contributed by atoms with van der Waals surface area (Å²) < 4.78 is 12.9. The van der Waals surface area contributed by atoms with Gasteiger partial charge in [0.15, 0.2) is 0 Å². The van der Waals surface area contributed by atoms with Crippen molar-refractivity contribution in [3.8, 4) is 11.3 Å². The van der Waals surface area contributed by atoms with Gasteiger partial charge in [0.2, 0.25) is 0 Å². The van der Waals surface area contributed by atoms with Crippen LogP contribution in [0.25, 0.3) is 11.3 Å². The molecule has 0 aliphatic heterocycles. The minimum Gasteiger partial charge on any atom is -0.398 e. The van der Waals surface area contributed by atoms with Gasteiger partial charge in [0, 0.05) is 17.4 Å². The smallest absolute Gasteiger partial charge is 0.124 e. The Labute approximate surface area is 81.2 Å². The fourth-order valence-electron chi connectivity index (χ4n) is 1.27. The molecule has 0 atom stereocenters. The van der Waals surface area contributed by atoms with E-state index in [-0.39, 0.29) is 5.82 Å². The zero-order chi connectivity index (χ0) is 9.97. The molecule has 0 bridgehead atoms. The van der Waals surface area contributed by atoms with Gasteiger partial charge in [-0.25, -0.2) is 4.39 Å². The van der Waals surface area contributed by atoms with Gasteiger partial charge in [-0.2, -0.15) is 0 Å². The van der Waals surface area contributed by atoms with Crippen molar-refractivity contribution in [3.63, 3.8) is 0 Å². The first-order valence-electron chi connectivity index (χ1n) is 4.24. The molecule has 0 fully saturated rings. The van der Waals surface area contributed by atoms with Crippen LogP contribution < -0.4 is 5.73 Å².